The first kappa shape index (κ1) is 16.7. The van der Waals surface area contributed by atoms with E-state index in [1.165, 1.54) is 6.42 Å². The summed E-state index contributed by atoms with van der Waals surface area (Å²) in [6.45, 7) is 9.67. The van der Waals surface area contributed by atoms with Crippen LogP contribution in [0, 0.1) is 6.92 Å². The summed E-state index contributed by atoms with van der Waals surface area (Å²) >= 11 is 0. The van der Waals surface area contributed by atoms with Crippen LogP contribution >= 0.6 is 0 Å². The second kappa shape index (κ2) is 8.13. The zero-order valence-electron chi connectivity index (χ0n) is 13.7. The van der Waals surface area contributed by atoms with Crippen LogP contribution in [0.5, 0.6) is 0 Å². The van der Waals surface area contributed by atoms with Gasteiger partial charge in [0.1, 0.15) is 6.10 Å². The largest absolute Gasteiger partial charge is 0.368 e. The molecule has 0 saturated carbocycles. The van der Waals surface area contributed by atoms with Crippen molar-refractivity contribution in [3.05, 3.63) is 30.6 Å². The van der Waals surface area contributed by atoms with Crippen molar-refractivity contribution in [3.8, 4) is 0 Å². The number of aryl methyl sites for hydroxylation is 1. The van der Waals surface area contributed by atoms with Gasteiger partial charge in [0.15, 0.2) is 0 Å². The van der Waals surface area contributed by atoms with Gasteiger partial charge in [-0.15, -0.1) is 6.58 Å². The van der Waals surface area contributed by atoms with Gasteiger partial charge < -0.3 is 9.64 Å². The highest BCUT2D eigenvalue weighted by Crippen LogP contribution is 2.20. The van der Waals surface area contributed by atoms with E-state index in [2.05, 4.69) is 11.7 Å². The smallest absolute Gasteiger partial charge is 0.251 e. The summed E-state index contributed by atoms with van der Waals surface area (Å²) in [5.74, 6) is 0.0950. The third-order valence-corrected chi connectivity index (χ3v) is 4.11. The van der Waals surface area contributed by atoms with Gasteiger partial charge in [-0.25, -0.2) is 0 Å². The first-order valence-corrected chi connectivity index (χ1v) is 8.14. The Morgan fingerprint density at radius 1 is 1.59 bits per heavy atom. The number of hydrogen-bond donors (Lipinski definition) is 0. The van der Waals surface area contributed by atoms with E-state index >= 15 is 0 Å². The normalized spacial score (nSPS) is 19.9. The molecule has 0 N–H and O–H groups in total. The predicted octanol–water partition coefficient (Wildman–Crippen LogP) is 2.55. The number of amides is 1. The van der Waals surface area contributed by atoms with Gasteiger partial charge in [-0.2, -0.15) is 5.10 Å². The molecule has 0 aliphatic carbocycles. The van der Waals surface area contributed by atoms with Crippen molar-refractivity contribution >= 4 is 5.91 Å². The van der Waals surface area contributed by atoms with Gasteiger partial charge in [0.2, 0.25) is 0 Å². The maximum atomic E-state index is 12.6. The Hall–Kier alpha value is -1.62. The summed E-state index contributed by atoms with van der Waals surface area (Å²) < 4.78 is 7.55. The summed E-state index contributed by atoms with van der Waals surface area (Å²) in [6, 6.07) is 0.214. The van der Waals surface area contributed by atoms with E-state index in [1.54, 1.807) is 6.08 Å². The fraction of sp³-hybridized carbons (Fsp3) is 0.647. The van der Waals surface area contributed by atoms with Crippen molar-refractivity contribution in [2.75, 3.05) is 13.2 Å². The number of carbonyl (C=O) groups is 1. The van der Waals surface area contributed by atoms with Crippen molar-refractivity contribution in [2.24, 2.45) is 0 Å². The van der Waals surface area contributed by atoms with E-state index < -0.39 is 0 Å². The highest BCUT2D eigenvalue weighted by atomic mass is 16.5. The summed E-state index contributed by atoms with van der Waals surface area (Å²) in [5, 5.41) is 4.35. The van der Waals surface area contributed by atoms with Crippen LogP contribution in [-0.4, -0.2) is 45.9 Å². The molecule has 1 aliphatic rings. The molecule has 22 heavy (non-hydrogen) atoms. The Bertz CT molecular complexity index is 498. The minimum atomic E-state index is -0.389. The maximum absolute atomic E-state index is 12.6. The molecule has 0 spiro atoms. The number of nitrogens with zero attached hydrogens (tertiary/aromatic N) is 3. The highest BCUT2D eigenvalue weighted by molar-refractivity contribution is 5.81. The number of piperidine rings is 1. The van der Waals surface area contributed by atoms with Crippen LogP contribution in [0.4, 0.5) is 0 Å². The lowest BCUT2D eigenvalue weighted by molar-refractivity contribution is -0.146. The molecule has 122 valence electrons. The number of rotatable bonds is 7. The lowest BCUT2D eigenvalue weighted by atomic mass is 10.0. The van der Waals surface area contributed by atoms with Crippen LogP contribution < -0.4 is 0 Å². The lowest BCUT2D eigenvalue weighted by Gasteiger charge is -2.37. The molecule has 1 aliphatic heterocycles. The van der Waals surface area contributed by atoms with Gasteiger partial charge in [0, 0.05) is 12.7 Å². The zero-order valence-corrected chi connectivity index (χ0v) is 13.7. The Kier molecular flexibility index (Phi) is 6.19. The molecule has 0 aromatic carbocycles. The van der Waals surface area contributed by atoms with Crippen LogP contribution in [0.2, 0.25) is 0 Å². The summed E-state index contributed by atoms with van der Waals surface area (Å²) in [6.07, 6.45) is 9.34. The Labute approximate surface area is 132 Å². The zero-order chi connectivity index (χ0) is 15.9. The second-order valence-electron chi connectivity index (χ2n) is 6.01. The van der Waals surface area contributed by atoms with Crippen LogP contribution in [0.25, 0.3) is 0 Å². The van der Waals surface area contributed by atoms with E-state index in [0.717, 1.165) is 37.9 Å². The molecule has 1 fully saturated rings. The van der Waals surface area contributed by atoms with Gasteiger partial charge >= 0.3 is 0 Å². The van der Waals surface area contributed by atoms with Crippen molar-refractivity contribution < 1.29 is 9.53 Å². The van der Waals surface area contributed by atoms with E-state index in [4.69, 9.17) is 4.74 Å². The monoisotopic (exact) mass is 305 g/mol. The molecule has 2 heterocycles. The van der Waals surface area contributed by atoms with Crippen LogP contribution in [0.15, 0.2) is 25.0 Å². The lowest BCUT2D eigenvalue weighted by Crippen LogP contribution is -2.49. The number of ether oxygens (including phenoxy) is 1. The van der Waals surface area contributed by atoms with E-state index in [9.17, 15) is 4.79 Å². The third kappa shape index (κ3) is 4.44. The SMILES string of the molecule is C=CCCO[C@@H](C)C(=O)N1CCCC[C@H]1Cn1cc(C)cn1. The minimum Gasteiger partial charge on any atom is -0.368 e. The number of likely N-dealkylation sites (tertiary alicyclic amines) is 1. The molecule has 1 aromatic rings. The van der Waals surface area contributed by atoms with Crippen LogP contribution in [0.1, 0.15) is 38.2 Å². The molecule has 1 amide bonds. The third-order valence-electron chi connectivity index (χ3n) is 4.11. The van der Waals surface area contributed by atoms with Crippen LogP contribution in [-0.2, 0) is 16.1 Å². The molecule has 1 aromatic heterocycles. The number of aromatic nitrogens is 2. The Morgan fingerprint density at radius 3 is 3.09 bits per heavy atom. The fourth-order valence-corrected chi connectivity index (χ4v) is 2.90. The molecule has 1 saturated heterocycles. The van der Waals surface area contributed by atoms with Gasteiger partial charge in [-0.3, -0.25) is 9.48 Å². The highest BCUT2D eigenvalue weighted by Gasteiger charge is 2.30. The Morgan fingerprint density at radius 2 is 2.41 bits per heavy atom. The first-order chi connectivity index (χ1) is 10.6. The Balaban J connectivity index is 1.96. The van der Waals surface area contributed by atoms with Crippen molar-refractivity contribution in [2.45, 2.75) is 58.2 Å². The predicted molar refractivity (Wildman–Crippen MR) is 86.5 cm³/mol. The molecule has 0 bridgehead atoms. The number of carbonyl (C=O) groups excluding carboxylic acids is 1. The molecule has 0 unspecified atom stereocenters. The standard InChI is InChI=1S/C17H27N3O2/c1-4-5-10-22-15(3)17(21)20-9-7-6-8-16(20)13-19-12-14(2)11-18-19/h4,11-12,15-16H,1,5-10,13H2,2-3H3/t15-,16-/m0/s1. The molecular formula is C17H27N3O2. The van der Waals surface area contributed by atoms with Gasteiger partial charge in [-0.05, 0) is 45.1 Å². The topological polar surface area (TPSA) is 47.4 Å². The maximum Gasteiger partial charge on any atom is 0.251 e. The van der Waals surface area contributed by atoms with Crippen molar-refractivity contribution in [1.29, 1.82) is 0 Å². The number of hydrogen-bond acceptors (Lipinski definition) is 3. The minimum absolute atomic E-state index is 0.0950. The average molecular weight is 305 g/mol. The molecule has 2 rings (SSSR count). The molecule has 2 atom stereocenters. The molecule has 5 heteroatoms. The van der Waals surface area contributed by atoms with E-state index in [1.807, 2.05) is 35.8 Å². The first-order valence-electron chi connectivity index (χ1n) is 8.14. The quantitative estimate of drug-likeness (QED) is 0.574. The van der Waals surface area contributed by atoms with Gasteiger partial charge in [0.25, 0.3) is 5.91 Å². The molecule has 0 radical (unpaired) electrons. The second-order valence-corrected chi connectivity index (χ2v) is 6.01. The molecule has 5 nitrogen and oxygen atoms in total. The van der Waals surface area contributed by atoms with Gasteiger partial charge in [0.05, 0.1) is 25.4 Å². The molecular weight excluding hydrogens is 278 g/mol. The van der Waals surface area contributed by atoms with Crippen LogP contribution in [0.3, 0.4) is 0 Å². The summed E-state index contributed by atoms with van der Waals surface area (Å²) in [5.41, 5.74) is 1.15. The van der Waals surface area contributed by atoms with Crippen molar-refractivity contribution in [1.82, 2.24) is 14.7 Å². The van der Waals surface area contributed by atoms with E-state index in [-0.39, 0.29) is 18.1 Å². The van der Waals surface area contributed by atoms with E-state index in [0.29, 0.717) is 6.61 Å². The summed E-state index contributed by atoms with van der Waals surface area (Å²) in [4.78, 5) is 14.6. The van der Waals surface area contributed by atoms with Gasteiger partial charge in [-0.1, -0.05) is 6.08 Å². The summed E-state index contributed by atoms with van der Waals surface area (Å²) in [7, 11) is 0. The fourth-order valence-electron chi connectivity index (χ4n) is 2.90. The van der Waals surface area contributed by atoms with Crippen molar-refractivity contribution in [3.63, 3.8) is 0 Å². The average Bonchev–Trinajstić information content (AvgIpc) is 2.92.